The number of rotatable bonds is 4. The number of hydrogen-bond donors (Lipinski definition) is 2. The standard InChI is InChI=1S/C11H14Cl2N2O2S/c12-9-4-1-5-10(13)11(9)18(16,17)15-7-8-3-2-6-14-8/h1,4-5,8,14-15H,2-3,6-7H2/t8-/m1/s1. The zero-order valence-corrected chi connectivity index (χ0v) is 11.9. The van der Waals surface area contributed by atoms with E-state index < -0.39 is 10.0 Å². The zero-order chi connectivity index (χ0) is 13.2. The van der Waals surface area contributed by atoms with Gasteiger partial charge in [0.2, 0.25) is 10.0 Å². The first kappa shape index (κ1) is 14.1. The van der Waals surface area contributed by atoms with Crippen LogP contribution in [0.15, 0.2) is 23.1 Å². The molecule has 0 radical (unpaired) electrons. The topological polar surface area (TPSA) is 58.2 Å². The van der Waals surface area contributed by atoms with Crippen LogP contribution in [0.2, 0.25) is 10.0 Å². The Kier molecular flexibility index (Phi) is 4.50. The second kappa shape index (κ2) is 5.75. The Hall–Kier alpha value is -0.330. The summed E-state index contributed by atoms with van der Waals surface area (Å²) < 4.78 is 26.8. The predicted octanol–water partition coefficient (Wildman–Crippen LogP) is 2.02. The van der Waals surface area contributed by atoms with Gasteiger partial charge in [0.25, 0.3) is 0 Å². The van der Waals surface area contributed by atoms with E-state index in [-0.39, 0.29) is 21.0 Å². The molecule has 0 saturated carbocycles. The van der Waals surface area contributed by atoms with E-state index in [1.165, 1.54) is 12.1 Å². The van der Waals surface area contributed by atoms with Crippen LogP contribution in [0.3, 0.4) is 0 Å². The molecule has 7 heteroatoms. The lowest BCUT2D eigenvalue weighted by atomic mass is 10.2. The van der Waals surface area contributed by atoms with Gasteiger partial charge in [-0.25, -0.2) is 13.1 Å². The molecule has 0 spiro atoms. The number of benzene rings is 1. The van der Waals surface area contributed by atoms with Gasteiger partial charge in [0, 0.05) is 12.6 Å². The minimum atomic E-state index is -3.66. The Morgan fingerprint density at radius 3 is 2.56 bits per heavy atom. The molecule has 1 aromatic rings. The van der Waals surface area contributed by atoms with Gasteiger partial charge in [-0.3, -0.25) is 0 Å². The first-order chi connectivity index (χ1) is 8.50. The van der Waals surface area contributed by atoms with Gasteiger partial charge < -0.3 is 5.32 Å². The van der Waals surface area contributed by atoms with Crippen LogP contribution in [0, 0.1) is 0 Å². The molecular formula is C11H14Cl2N2O2S. The highest BCUT2D eigenvalue weighted by molar-refractivity contribution is 7.89. The molecule has 18 heavy (non-hydrogen) atoms. The van der Waals surface area contributed by atoms with E-state index in [1.54, 1.807) is 6.07 Å². The fraction of sp³-hybridized carbons (Fsp3) is 0.455. The molecule has 100 valence electrons. The molecular weight excluding hydrogens is 295 g/mol. The second-order valence-electron chi connectivity index (χ2n) is 4.20. The zero-order valence-electron chi connectivity index (χ0n) is 9.62. The van der Waals surface area contributed by atoms with E-state index in [1.807, 2.05) is 0 Å². The molecule has 1 saturated heterocycles. The predicted molar refractivity (Wildman–Crippen MR) is 72.7 cm³/mol. The summed E-state index contributed by atoms with van der Waals surface area (Å²) in [5.74, 6) is 0. The first-order valence-electron chi connectivity index (χ1n) is 5.68. The van der Waals surface area contributed by atoms with Crippen molar-refractivity contribution in [3.05, 3.63) is 28.2 Å². The summed E-state index contributed by atoms with van der Waals surface area (Å²) in [6, 6.07) is 4.81. The van der Waals surface area contributed by atoms with Crippen molar-refractivity contribution in [1.82, 2.24) is 10.0 Å². The van der Waals surface area contributed by atoms with Crippen molar-refractivity contribution in [2.75, 3.05) is 13.1 Å². The molecule has 2 N–H and O–H groups in total. The third-order valence-corrected chi connectivity index (χ3v) is 5.25. The summed E-state index contributed by atoms with van der Waals surface area (Å²) in [6.45, 7) is 1.28. The van der Waals surface area contributed by atoms with E-state index in [4.69, 9.17) is 23.2 Å². The van der Waals surface area contributed by atoms with Crippen LogP contribution >= 0.6 is 23.2 Å². The van der Waals surface area contributed by atoms with E-state index in [0.29, 0.717) is 6.54 Å². The molecule has 0 aromatic heterocycles. The van der Waals surface area contributed by atoms with Gasteiger partial charge in [-0.2, -0.15) is 0 Å². The summed E-state index contributed by atoms with van der Waals surface area (Å²) in [5, 5.41) is 3.48. The molecule has 0 bridgehead atoms. The maximum absolute atomic E-state index is 12.1. The normalized spacial score (nSPS) is 20.2. The van der Waals surface area contributed by atoms with Crippen LogP contribution in [-0.4, -0.2) is 27.5 Å². The van der Waals surface area contributed by atoms with Crippen molar-refractivity contribution in [1.29, 1.82) is 0 Å². The highest BCUT2D eigenvalue weighted by Gasteiger charge is 2.23. The van der Waals surface area contributed by atoms with Crippen molar-refractivity contribution in [2.24, 2.45) is 0 Å². The Balaban J connectivity index is 2.15. The largest absolute Gasteiger partial charge is 0.313 e. The lowest BCUT2D eigenvalue weighted by Crippen LogP contribution is -2.37. The summed E-state index contributed by atoms with van der Waals surface area (Å²) in [6.07, 6.45) is 2.04. The van der Waals surface area contributed by atoms with E-state index in [2.05, 4.69) is 10.0 Å². The molecule has 4 nitrogen and oxygen atoms in total. The molecule has 2 rings (SSSR count). The van der Waals surface area contributed by atoms with Crippen LogP contribution in [0.4, 0.5) is 0 Å². The third kappa shape index (κ3) is 3.16. The minimum absolute atomic E-state index is 0.0497. The molecule has 0 aliphatic carbocycles. The van der Waals surface area contributed by atoms with Gasteiger partial charge in [0.1, 0.15) is 4.90 Å². The number of halogens is 2. The van der Waals surface area contributed by atoms with Crippen LogP contribution in [0.5, 0.6) is 0 Å². The monoisotopic (exact) mass is 308 g/mol. The maximum atomic E-state index is 12.1. The van der Waals surface area contributed by atoms with Crippen LogP contribution < -0.4 is 10.0 Å². The number of nitrogens with one attached hydrogen (secondary N) is 2. The fourth-order valence-corrected chi connectivity index (χ4v) is 4.17. The third-order valence-electron chi connectivity index (χ3n) is 2.87. The molecule has 1 aliphatic rings. The molecule has 1 aliphatic heterocycles. The molecule has 1 aromatic carbocycles. The van der Waals surface area contributed by atoms with Gasteiger partial charge in [-0.1, -0.05) is 29.3 Å². The van der Waals surface area contributed by atoms with Gasteiger partial charge in [0.05, 0.1) is 10.0 Å². The van der Waals surface area contributed by atoms with E-state index >= 15 is 0 Å². The minimum Gasteiger partial charge on any atom is -0.313 e. The summed E-state index contributed by atoms with van der Waals surface area (Å²) in [7, 11) is -3.66. The summed E-state index contributed by atoms with van der Waals surface area (Å²) >= 11 is 11.8. The Morgan fingerprint density at radius 2 is 2.00 bits per heavy atom. The van der Waals surface area contributed by atoms with Crippen LogP contribution in [-0.2, 0) is 10.0 Å². The first-order valence-corrected chi connectivity index (χ1v) is 7.91. The lowest BCUT2D eigenvalue weighted by molar-refractivity contribution is 0.552. The number of sulfonamides is 1. The lowest BCUT2D eigenvalue weighted by Gasteiger charge is -2.13. The molecule has 1 heterocycles. The van der Waals surface area contributed by atoms with Gasteiger partial charge in [-0.15, -0.1) is 0 Å². The molecule has 1 fully saturated rings. The molecule has 0 unspecified atom stereocenters. The van der Waals surface area contributed by atoms with Gasteiger partial charge >= 0.3 is 0 Å². The van der Waals surface area contributed by atoms with Gasteiger partial charge in [0.15, 0.2) is 0 Å². The quantitative estimate of drug-likeness (QED) is 0.894. The highest BCUT2D eigenvalue weighted by Crippen LogP contribution is 2.28. The second-order valence-corrected chi connectivity index (χ2v) is 6.71. The summed E-state index contributed by atoms with van der Waals surface area (Å²) in [5.41, 5.74) is 0. The van der Waals surface area contributed by atoms with Crippen LogP contribution in [0.25, 0.3) is 0 Å². The SMILES string of the molecule is O=S(=O)(NC[C@H]1CCCN1)c1c(Cl)cccc1Cl. The Morgan fingerprint density at radius 1 is 1.33 bits per heavy atom. The van der Waals surface area contributed by atoms with Crippen molar-refractivity contribution in [3.63, 3.8) is 0 Å². The van der Waals surface area contributed by atoms with Crippen molar-refractivity contribution >= 4 is 33.2 Å². The number of hydrogen-bond acceptors (Lipinski definition) is 3. The van der Waals surface area contributed by atoms with Crippen molar-refractivity contribution in [3.8, 4) is 0 Å². The van der Waals surface area contributed by atoms with Crippen molar-refractivity contribution in [2.45, 2.75) is 23.8 Å². The average Bonchev–Trinajstić information content (AvgIpc) is 2.78. The average molecular weight is 309 g/mol. The smallest absolute Gasteiger partial charge is 0.243 e. The molecule has 1 atom stereocenters. The molecule has 0 amide bonds. The van der Waals surface area contributed by atoms with E-state index in [0.717, 1.165) is 19.4 Å². The Labute approximate surface area is 117 Å². The van der Waals surface area contributed by atoms with Gasteiger partial charge in [-0.05, 0) is 31.5 Å². The maximum Gasteiger partial charge on any atom is 0.243 e. The van der Waals surface area contributed by atoms with Crippen LogP contribution in [0.1, 0.15) is 12.8 Å². The Bertz CT molecular complexity index is 508. The highest BCUT2D eigenvalue weighted by atomic mass is 35.5. The van der Waals surface area contributed by atoms with E-state index in [9.17, 15) is 8.42 Å². The van der Waals surface area contributed by atoms with Crippen molar-refractivity contribution < 1.29 is 8.42 Å². The fourth-order valence-electron chi connectivity index (χ4n) is 1.95. The summed E-state index contributed by atoms with van der Waals surface area (Å²) in [4.78, 5) is -0.0497.